The van der Waals surface area contributed by atoms with E-state index in [0.29, 0.717) is 45.9 Å². The van der Waals surface area contributed by atoms with Gasteiger partial charge in [-0.1, -0.05) is 97.0 Å². The van der Waals surface area contributed by atoms with Gasteiger partial charge in [-0.2, -0.15) is 0 Å². The number of aliphatic hydroxyl groups is 1. The first kappa shape index (κ1) is 34.8. The summed E-state index contributed by atoms with van der Waals surface area (Å²) >= 11 is 2.55. The van der Waals surface area contributed by atoms with Crippen LogP contribution in [0.2, 0.25) is 0 Å². The third-order valence-electron chi connectivity index (χ3n) is 8.15. The highest BCUT2D eigenvalue weighted by Crippen LogP contribution is 2.44. The normalized spacial score (nSPS) is 15.4. The Hall–Kier alpha value is -5.00. The second kappa shape index (κ2) is 16.1. The lowest BCUT2D eigenvalue weighted by molar-refractivity contribution is -0.132. The van der Waals surface area contributed by atoms with Crippen molar-refractivity contribution in [1.82, 2.24) is 10.2 Å². The molecule has 1 saturated heterocycles. The molecule has 1 fully saturated rings. The predicted molar refractivity (Wildman–Crippen MR) is 194 cm³/mol. The number of unbranched alkanes of at least 4 members (excludes halogenated alkanes) is 2. The summed E-state index contributed by atoms with van der Waals surface area (Å²) in [6, 6.07) is 27.2. The molecule has 11 heteroatoms. The van der Waals surface area contributed by atoms with E-state index >= 15 is 0 Å². The van der Waals surface area contributed by atoms with Gasteiger partial charge in [0.25, 0.3) is 5.78 Å². The maximum Gasteiger partial charge on any atom is 0.301 e. The molecule has 0 saturated carbocycles. The fourth-order valence-corrected chi connectivity index (χ4v) is 7.37. The minimum atomic E-state index is -0.968. The Morgan fingerprint density at radius 1 is 0.900 bits per heavy atom. The van der Waals surface area contributed by atoms with E-state index in [1.165, 1.54) is 40.1 Å². The van der Waals surface area contributed by atoms with E-state index in [4.69, 9.17) is 9.47 Å². The second-order valence-electron chi connectivity index (χ2n) is 11.9. The highest BCUT2D eigenvalue weighted by Gasteiger charge is 2.48. The first-order valence-electron chi connectivity index (χ1n) is 16.3. The highest BCUT2D eigenvalue weighted by molar-refractivity contribution is 8.00. The highest BCUT2D eigenvalue weighted by atomic mass is 32.2. The van der Waals surface area contributed by atoms with E-state index in [2.05, 4.69) is 23.2 Å². The number of aliphatic hydroxyl groups excluding tert-OH is 1. The molecule has 0 bridgehead atoms. The number of hydrogen-bond donors (Lipinski definition) is 1. The molecule has 0 spiro atoms. The van der Waals surface area contributed by atoms with Gasteiger partial charge in [-0.05, 0) is 78.6 Å². The average Bonchev–Trinajstić information content (AvgIpc) is 3.70. The minimum absolute atomic E-state index is 0.0595. The Labute approximate surface area is 298 Å². The van der Waals surface area contributed by atoms with Gasteiger partial charge in [-0.25, -0.2) is 4.39 Å². The van der Waals surface area contributed by atoms with Crippen molar-refractivity contribution < 1.29 is 28.6 Å². The molecule has 1 amide bonds. The number of ether oxygens (including phenoxy) is 2. The number of ketones is 1. The summed E-state index contributed by atoms with van der Waals surface area (Å²) in [4.78, 5) is 28.7. The third-order valence-corrected chi connectivity index (χ3v) is 10.3. The zero-order valence-electron chi connectivity index (χ0n) is 27.7. The molecule has 1 aliphatic heterocycles. The molecule has 0 aliphatic carbocycles. The molecule has 1 atom stereocenters. The number of thioether (sulfide) groups is 1. The van der Waals surface area contributed by atoms with Crippen LogP contribution in [0, 0.1) is 12.7 Å². The molecular weight excluding hydrogens is 674 g/mol. The van der Waals surface area contributed by atoms with E-state index in [1.807, 2.05) is 25.1 Å². The molecule has 1 unspecified atom stereocenters. The number of anilines is 1. The van der Waals surface area contributed by atoms with Gasteiger partial charge in [-0.15, -0.1) is 10.2 Å². The first-order chi connectivity index (χ1) is 24.3. The van der Waals surface area contributed by atoms with Gasteiger partial charge < -0.3 is 14.6 Å². The lowest BCUT2D eigenvalue weighted by Gasteiger charge is -2.22. The van der Waals surface area contributed by atoms with E-state index in [9.17, 15) is 19.1 Å². The first-order valence-corrected chi connectivity index (χ1v) is 18.1. The summed E-state index contributed by atoms with van der Waals surface area (Å²) in [5.41, 5.74) is 3.97. The summed E-state index contributed by atoms with van der Waals surface area (Å²) in [5.74, 6) is -0.500. The van der Waals surface area contributed by atoms with Crippen LogP contribution in [0.5, 0.6) is 11.5 Å². The number of carbonyl (C=O) groups excluding carboxylic acids is 2. The lowest BCUT2D eigenvalue weighted by Crippen LogP contribution is -2.29. The fraction of sp³-hybridized carbons (Fsp3) is 0.231. The van der Waals surface area contributed by atoms with Crippen LogP contribution >= 0.6 is 23.1 Å². The summed E-state index contributed by atoms with van der Waals surface area (Å²) in [5, 5.41) is 20.4. The number of amides is 1. The lowest BCUT2D eigenvalue weighted by atomic mass is 9.95. The van der Waals surface area contributed by atoms with Crippen LogP contribution < -0.4 is 14.4 Å². The smallest absolute Gasteiger partial charge is 0.301 e. The molecule has 1 N–H and O–H groups in total. The number of halogens is 1. The molecule has 256 valence electrons. The number of hydrogen-bond acceptors (Lipinski definition) is 9. The van der Waals surface area contributed by atoms with Gasteiger partial charge in [-0.3, -0.25) is 14.5 Å². The van der Waals surface area contributed by atoms with Crippen LogP contribution in [0.15, 0.2) is 107 Å². The molecule has 5 aromatic rings. The molecule has 0 radical (unpaired) electrons. The molecule has 1 aromatic heterocycles. The molecular formula is C39H36FN3O5S2. The molecule has 50 heavy (non-hydrogen) atoms. The van der Waals surface area contributed by atoms with Crippen molar-refractivity contribution >= 4 is 45.7 Å². The minimum Gasteiger partial charge on any atom is -0.507 e. The molecule has 4 aromatic carbocycles. The SMILES string of the molecule is CCCCCOc1ccc(C2/C(=C(\O)c3ccc(OCc4cccc(C)c4)cc3)C(=O)C(=O)N2c2nnc(SCc3ccc(F)cc3)s2)cc1. The zero-order valence-corrected chi connectivity index (χ0v) is 29.3. The topological polar surface area (TPSA) is 102 Å². The van der Waals surface area contributed by atoms with Crippen LogP contribution in [-0.2, 0) is 21.9 Å². The number of aromatic nitrogens is 2. The number of benzene rings is 4. The van der Waals surface area contributed by atoms with Crippen LogP contribution in [0.25, 0.3) is 5.76 Å². The van der Waals surface area contributed by atoms with Crippen molar-refractivity contribution in [2.75, 3.05) is 11.5 Å². The van der Waals surface area contributed by atoms with Crippen molar-refractivity contribution in [3.63, 3.8) is 0 Å². The number of Topliss-reactive ketones (excluding diaryl/α,β-unsaturated/α-hetero) is 1. The fourth-order valence-electron chi connectivity index (χ4n) is 5.55. The number of rotatable bonds is 14. The van der Waals surface area contributed by atoms with Gasteiger partial charge in [0.15, 0.2) is 4.34 Å². The van der Waals surface area contributed by atoms with Crippen molar-refractivity contribution in [1.29, 1.82) is 0 Å². The van der Waals surface area contributed by atoms with E-state index in [0.717, 1.165) is 36.0 Å². The van der Waals surface area contributed by atoms with Gasteiger partial charge >= 0.3 is 5.91 Å². The van der Waals surface area contributed by atoms with Crippen LogP contribution in [0.3, 0.4) is 0 Å². The van der Waals surface area contributed by atoms with Crippen LogP contribution in [-0.4, -0.2) is 33.6 Å². The van der Waals surface area contributed by atoms with Gasteiger partial charge in [0.2, 0.25) is 5.13 Å². The van der Waals surface area contributed by atoms with Crippen molar-refractivity contribution in [2.45, 2.75) is 55.9 Å². The van der Waals surface area contributed by atoms with Crippen molar-refractivity contribution in [3.05, 3.63) is 136 Å². The Bertz CT molecular complexity index is 1980. The number of nitrogens with zero attached hydrogens (tertiary/aromatic N) is 3. The summed E-state index contributed by atoms with van der Waals surface area (Å²) in [7, 11) is 0. The van der Waals surface area contributed by atoms with E-state index < -0.39 is 17.7 Å². The Balaban J connectivity index is 1.29. The maximum absolute atomic E-state index is 13.7. The summed E-state index contributed by atoms with van der Waals surface area (Å²) < 4.78 is 25.8. The monoisotopic (exact) mass is 709 g/mol. The van der Waals surface area contributed by atoms with Gasteiger partial charge in [0.1, 0.15) is 29.7 Å². The largest absolute Gasteiger partial charge is 0.507 e. The van der Waals surface area contributed by atoms with Gasteiger partial charge in [0.05, 0.1) is 18.2 Å². The Kier molecular flexibility index (Phi) is 11.2. The molecule has 1 aliphatic rings. The zero-order chi connectivity index (χ0) is 35.0. The second-order valence-corrected chi connectivity index (χ2v) is 14.0. The maximum atomic E-state index is 13.7. The number of carbonyl (C=O) groups is 2. The van der Waals surface area contributed by atoms with Crippen LogP contribution in [0.1, 0.15) is 60.0 Å². The van der Waals surface area contributed by atoms with Crippen LogP contribution in [0.4, 0.5) is 9.52 Å². The Morgan fingerprint density at radius 2 is 1.62 bits per heavy atom. The predicted octanol–water partition coefficient (Wildman–Crippen LogP) is 9.05. The Morgan fingerprint density at radius 3 is 2.34 bits per heavy atom. The molecule has 6 rings (SSSR count). The standard InChI is InChI=1S/C39H36FN3O5S2/c1-3-4-5-21-47-31-17-11-28(12-18-31)34-33(35(44)29-13-19-32(20-14-29)48-23-27-8-6-7-25(2)22-27)36(45)37(46)43(34)38-41-42-39(50-38)49-24-26-9-15-30(40)16-10-26/h6-20,22,34,44H,3-5,21,23-24H2,1-2H3/b35-33+. The summed E-state index contributed by atoms with van der Waals surface area (Å²) in [6.07, 6.45) is 3.09. The average molecular weight is 710 g/mol. The summed E-state index contributed by atoms with van der Waals surface area (Å²) in [6.45, 7) is 5.11. The van der Waals surface area contributed by atoms with E-state index in [-0.39, 0.29) is 22.3 Å². The van der Waals surface area contributed by atoms with E-state index in [1.54, 1.807) is 60.7 Å². The molecule has 8 nitrogen and oxygen atoms in total. The van der Waals surface area contributed by atoms with Crippen molar-refractivity contribution in [2.24, 2.45) is 0 Å². The van der Waals surface area contributed by atoms with Crippen molar-refractivity contribution in [3.8, 4) is 11.5 Å². The third kappa shape index (κ3) is 8.23. The number of aryl methyl sites for hydroxylation is 1. The molecule has 2 heterocycles. The quantitative estimate of drug-likeness (QED) is 0.0304. The van der Waals surface area contributed by atoms with Gasteiger partial charge in [0, 0.05) is 11.3 Å².